The van der Waals surface area contributed by atoms with Crippen molar-refractivity contribution in [2.45, 2.75) is 315 Å². The lowest BCUT2D eigenvalue weighted by Gasteiger charge is -2.30. The summed E-state index contributed by atoms with van der Waals surface area (Å²) in [6.07, 6.45) is 91.7. The summed E-state index contributed by atoms with van der Waals surface area (Å²) in [5.74, 6) is -0.557. The molecule has 500 valence electrons. The first-order chi connectivity index (χ1) is 42.4. The monoisotopic (exact) mass is 1230 g/mol. The molecule has 1 N–H and O–H groups in total. The summed E-state index contributed by atoms with van der Waals surface area (Å²) in [4.78, 5) is 40.2. The van der Waals surface area contributed by atoms with Crippen LogP contribution in [0.3, 0.4) is 0 Å². The summed E-state index contributed by atoms with van der Waals surface area (Å²) in [5, 5.41) is 3.04. The zero-order valence-electron chi connectivity index (χ0n) is 57.2. The molecule has 3 atom stereocenters. The maximum absolute atomic E-state index is 13.6. The first-order valence-corrected chi connectivity index (χ1v) is 37.3. The van der Waals surface area contributed by atoms with E-state index in [9.17, 15) is 19.0 Å². The summed E-state index contributed by atoms with van der Waals surface area (Å²) in [7, 11) is 1.17. The molecule has 0 bridgehead atoms. The SMILES string of the molecule is CC/C=C\C/C=C\C/C=C\C/C=C\C/C=C\CCCCCCCCCCCC(=O)OC(/C=C/CCCCCCCCCCC)C(COP(=O)([O-])OCC[N+](C)(C)C)NC(=O)CCCCCCCCCCC/C=C\C/C=C\C/C=C\C/C=C\CCCCC. The summed E-state index contributed by atoms with van der Waals surface area (Å²) < 4.78 is 30.4. The van der Waals surface area contributed by atoms with E-state index in [4.69, 9.17) is 13.8 Å². The average molecular weight is 1230 g/mol. The van der Waals surface area contributed by atoms with Crippen molar-refractivity contribution in [2.24, 2.45) is 0 Å². The van der Waals surface area contributed by atoms with E-state index in [0.717, 1.165) is 135 Å². The molecule has 10 heteroatoms. The van der Waals surface area contributed by atoms with Gasteiger partial charge in [-0.05, 0) is 122 Å². The van der Waals surface area contributed by atoms with Gasteiger partial charge >= 0.3 is 5.97 Å². The predicted molar refractivity (Wildman–Crippen MR) is 376 cm³/mol. The normalized spacial score (nSPS) is 14.2. The third-order valence-electron chi connectivity index (χ3n) is 15.4. The molecule has 0 aromatic carbocycles. The fourth-order valence-electron chi connectivity index (χ4n) is 9.89. The van der Waals surface area contributed by atoms with Crippen molar-refractivity contribution >= 4 is 19.7 Å². The molecule has 0 saturated heterocycles. The smallest absolute Gasteiger partial charge is 0.306 e. The number of amides is 1. The Morgan fingerprint density at radius 2 is 0.736 bits per heavy atom. The lowest BCUT2D eigenvalue weighted by Crippen LogP contribution is -2.47. The number of unbranched alkanes of at least 4 members (excludes halogenated alkanes) is 30. The molecular formula is C77H135N2O7P. The highest BCUT2D eigenvalue weighted by atomic mass is 31.2. The predicted octanol–water partition coefficient (Wildman–Crippen LogP) is 22.4. The van der Waals surface area contributed by atoms with Crippen LogP contribution in [0.5, 0.6) is 0 Å². The fourth-order valence-corrected chi connectivity index (χ4v) is 10.6. The molecular weight excluding hydrogens is 1100 g/mol. The van der Waals surface area contributed by atoms with Crippen molar-refractivity contribution in [3.8, 4) is 0 Å². The van der Waals surface area contributed by atoms with Gasteiger partial charge in [0, 0.05) is 12.8 Å². The second-order valence-corrected chi connectivity index (χ2v) is 26.4. The van der Waals surface area contributed by atoms with Crippen molar-refractivity contribution in [1.29, 1.82) is 0 Å². The summed E-state index contributed by atoms with van der Waals surface area (Å²) in [6.45, 7) is 6.70. The van der Waals surface area contributed by atoms with Crippen molar-refractivity contribution in [2.75, 3.05) is 40.9 Å². The number of nitrogens with zero attached hydrogens (tertiary/aromatic N) is 1. The molecule has 0 aromatic rings. The highest BCUT2D eigenvalue weighted by Crippen LogP contribution is 2.38. The highest BCUT2D eigenvalue weighted by molar-refractivity contribution is 7.45. The topological polar surface area (TPSA) is 114 Å². The maximum atomic E-state index is 13.6. The van der Waals surface area contributed by atoms with E-state index in [1.54, 1.807) is 0 Å². The van der Waals surface area contributed by atoms with Gasteiger partial charge in [-0.3, -0.25) is 14.2 Å². The molecule has 0 saturated carbocycles. The maximum Gasteiger partial charge on any atom is 0.306 e. The number of quaternary nitrogens is 1. The molecule has 0 aliphatic rings. The Labute approximate surface area is 537 Å². The number of hydrogen-bond donors (Lipinski definition) is 1. The number of ether oxygens (including phenoxy) is 1. The van der Waals surface area contributed by atoms with E-state index in [0.29, 0.717) is 17.4 Å². The van der Waals surface area contributed by atoms with Gasteiger partial charge in [0.2, 0.25) is 5.91 Å². The van der Waals surface area contributed by atoms with Crippen LogP contribution in [-0.4, -0.2) is 69.4 Å². The van der Waals surface area contributed by atoms with Gasteiger partial charge in [-0.1, -0.05) is 290 Å². The lowest BCUT2D eigenvalue weighted by atomic mass is 10.0. The van der Waals surface area contributed by atoms with Gasteiger partial charge in [-0.2, -0.15) is 0 Å². The summed E-state index contributed by atoms with van der Waals surface area (Å²) in [6, 6.07) is -0.903. The first kappa shape index (κ1) is 83.4. The number of phosphoric ester groups is 1. The van der Waals surface area contributed by atoms with Crippen LogP contribution in [0.25, 0.3) is 0 Å². The number of esters is 1. The number of nitrogens with one attached hydrogen (secondary N) is 1. The van der Waals surface area contributed by atoms with Crippen LogP contribution in [0.2, 0.25) is 0 Å². The van der Waals surface area contributed by atoms with Crippen LogP contribution < -0.4 is 10.2 Å². The van der Waals surface area contributed by atoms with E-state index in [1.807, 2.05) is 33.3 Å². The molecule has 0 spiro atoms. The zero-order chi connectivity index (χ0) is 63.5. The standard InChI is InChI=1S/C77H135N2O7P/c1-7-10-13-16-19-22-25-27-29-31-33-35-37-39-41-43-45-47-49-51-54-57-60-63-66-69-76(80)78-74(73-85-87(82,83)84-72-71-79(4,5)6)75(68-65-62-59-56-53-24-21-18-15-12-9-3)86-77(81)70-67-64-61-58-55-52-50-48-46-44-42-40-38-36-34-32-30-28-26-23-20-17-14-11-8-2/h11,14,19-20,22-23,27-30,33-36,39-42,65,68,74-75H,7-10,12-13,15-18,21,24-26,31-32,37-38,43-64,66-67,69-73H2,1-6H3,(H-,78,80,82,83)/b14-11-,22-19-,23-20-,29-27-,30-28-,35-33-,36-34-,41-39-,42-40-,68-65+. The van der Waals surface area contributed by atoms with Gasteiger partial charge in [-0.15, -0.1) is 0 Å². The van der Waals surface area contributed by atoms with Crippen molar-refractivity contribution in [3.05, 3.63) is 122 Å². The van der Waals surface area contributed by atoms with Crippen LogP contribution in [0.15, 0.2) is 122 Å². The lowest BCUT2D eigenvalue weighted by molar-refractivity contribution is -0.870. The number of phosphoric acid groups is 1. The Balaban J connectivity index is 5.06. The van der Waals surface area contributed by atoms with E-state index in [1.165, 1.54) is 135 Å². The quantitative estimate of drug-likeness (QED) is 0.0212. The van der Waals surface area contributed by atoms with E-state index < -0.39 is 26.6 Å². The Hall–Kier alpha value is -3.59. The number of rotatable bonds is 64. The number of carbonyl (C=O) groups is 2. The van der Waals surface area contributed by atoms with Crippen molar-refractivity contribution in [1.82, 2.24) is 5.32 Å². The van der Waals surface area contributed by atoms with Crippen LogP contribution in [0.1, 0.15) is 303 Å². The van der Waals surface area contributed by atoms with Crippen LogP contribution in [-0.2, 0) is 27.9 Å². The zero-order valence-corrected chi connectivity index (χ0v) is 58.1. The van der Waals surface area contributed by atoms with E-state index in [2.05, 4.69) is 135 Å². The van der Waals surface area contributed by atoms with Crippen molar-refractivity contribution < 1.29 is 37.3 Å². The number of likely N-dealkylation sites (N-methyl/N-ethyl adjacent to an activating group) is 1. The molecule has 1 amide bonds. The third kappa shape index (κ3) is 66.7. The first-order valence-electron chi connectivity index (χ1n) is 35.8. The molecule has 0 rings (SSSR count). The largest absolute Gasteiger partial charge is 0.756 e. The molecule has 0 aliphatic carbocycles. The number of carbonyl (C=O) groups excluding carboxylic acids is 2. The molecule has 87 heavy (non-hydrogen) atoms. The summed E-state index contributed by atoms with van der Waals surface area (Å²) in [5.41, 5.74) is 0. The van der Waals surface area contributed by atoms with E-state index in [-0.39, 0.29) is 24.9 Å². The third-order valence-corrected chi connectivity index (χ3v) is 16.3. The number of allylic oxidation sites excluding steroid dienone is 19. The number of hydrogen-bond acceptors (Lipinski definition) is 7. The summed E-state index contributed by atoms with van der Waals surface area (Å²) >= 11 is 0. The minimum atomic E-state index is -4.71. The van der Waals surface area contributed by atoms with Crippen LogP contribution in [0.4, 0.5) is 0 Å². The van der Waals surface area contributed by atoms with E-state index >= 15 is 0 Å². The Morgan fingerprint density at radius 3 is 1.13 bits per heavy atom. The van der Waals surface area contributed by atoms with Gasteiger partial charge in [0.25, 0.3) is 7.82 Å². The Bertz CT molecular complexity index is 1900. The van der Waals surface area contributed by atoms with Gasteiger partial charge in [0.15, 0.2) is 0 Å². The molecule has 0 fully saturated rings. The minimum absolute atomic E-state index is 0.0302. The Morgan fingerprint density at radius 1 is 0.414 bits per heavy atom. The fraction of sp³-hybridized carbons (Fsp3) is 0.714. The second kappa shape index (κ2) is 65.4. The average Bonchev–Trinajstić information content (AvgIpc) is 3.70. The van der Waals surface area contributed by atoms with Crippen LogP contribution in [0, 0.1) is 0 Å². The van der Waals surface area contributed by atoms with Crippen molar-refractivity contribution in [3.63, 3.8) is 0 Å². The highest BCUT2D eigenvalue weighted by Gasteiger charge is 2.27. The van der Waals surface area contributed by atoms with Gasteiger partial charge in [-0.25, -0.2) is 0 Å². The Kier molecular flexibility index (Phi) is 62.7. The van der Waals surface area contributed by atoms with Crippen LogP contribution >= 0.6 is 7.82 Å². The van der Waals surface area contributed by atoms with Gasteiger partial charge < -0.3 is 28.5 Å². The molecule has 0 aromatic heterocycles. The molecule has 0 heterocycles. The second-order valence-electron chi connectivity index (χ2n) is 25.0. The minimum Gasteiger partial charge on any atom is -0.756 e. The molecule has 0 aliphatic heterocycles. The molecule has 3 unspecified atom stereocenters. The van der Waals surface area contributed by atoms with Gasteiger partial charge in [0.05, 0.1) is 33.8 Å². The van der Waals surface area contributed by atoms with Gasteiger partial charge in [0.1, 0.15) is 19.3 Å². The molecule has 0 radical (unpaired) electrons. The molecule has 9 nitrogen and oxygen atoms in total.